The van der Waals surface area contributed by atoms with Crippen LogP contribution in [0.15, 0.2) is 12.1 Å². The van der Waals surface area contributed by atoms with Crippen LogP contribution < -0.4 is 4.74 Å². The molecule has 7 heteroatoms. The second-order valence-corrected chi connectivity index (χ2v) is 6.01. The molecule has 0 atom stereocenters. The van der Waals surface area contributed by atoms with Crippen molar-refractivity contribution in [3.05, 3.63) is 32.8 Å². The molecule has 0 unspecified atom stereocenters. The molecule has 0 saturated carbocycles. The number of nitrogens with zero attached hydrogens (tertiary/aromatic N) is 1. The third-order valence-electron chi connectivity index (χ3n) is 3.53. The minimum Gasteiger partial charge on any atom is -0.482 e. The van der Waals surface area contributed by atoms with Crippen LogP contribution in [-0.2, 0) is 15.9 Å². The highest BCUT2D eigenvalue weighted by molar-refractivity contribution is 6.32. The molecule has 0 amide bonds. The lowest BCUT2D eigenvalue weighted by molar-refractivity contribution is -0.384. The van der Waals surface area contributed by atoms with Crippen molar-refractivity contribution in [2.24, 2.45) is 0 Å². The molecule has 1 saturated heterocycles. The van der Waals surface area contributed by atoms with E-state index in [2.05, 4.69) is 0 Å². The van der Waals surface area contributed by atoms with Crippen LogP contribution in [0.1, 0.15) is 19.4 Å². The Morgan fingerprint density at radius 1 is 1.30 bits per heavy atom. The van der Waals surface area contributed by atoms with E-state index < -0.39 is 16.3 Å². The molecule has 0 aliphatic carbocycles. The number of hydrogen-bond donors (Lipinski definition) is 0. The fourth-order valence-electron chi connectivity index (χ4n) is 2.43. The van der Waals surface area contributed by atoms with Crippen LogP contribution in [0.4, 0.5) is 5.69 Å². The van der Waals surface area contributed by atoms with E-state index in [0.29, 0.717) is 25.4 Å². The van der Waals surface area contributed by atoms with Gasteiger partial charge in [0.05, 0.1) is 18.1 Å². The molecule has 0 bridgehead atoms. The summed E-state index contributed by atoms with van der Waals surface area (Å²) >= 11 is 5.89. The quantitative estimate of drug-likeness (QED) is 0.589. The van der Waals surface area contributed by atoms with Crippen molar-refractivity contribution in [3.63, 3.8) is 0 Å². The minimum absolute atomic E-state index is 0.0729. The third kappa shape index (κ3) is 2.24. The Morgan fingerprint density at radius 3 is 2.55 bits per heavy atom. The smallest absolute Gasteiger partial charge is 0.288 e. The summed E-state index contributed by atoms with van der Waals surface area (Å²) in [4.78, 5) is 10.4. The van der Waals surface area contributed by atoms with E-state index in [9.17, 15) is 10.1 Å². The molecular weight excluding hydrogens is 286 g/mol. The first-order chi connectivity index (χ1) is 9.30. The lowest BCUT2D eigenvalue weighted by Gasteiger charge is -2.40. The van der Waals surface area contributed by atoms with Crippen molar-refractivity contribution >= 4 is 17.3 Å². The summed E-state index contributed by atoms with van der Waals surface area (Å²) in [6.07, 6.45) is 0.510. The van der Waals surface area contributed by atoms with Crippen LogP contribution in [0.2, 0.25) is 5.02 Å². The Kier molecular flexibility index (Phi) is 2.93. The van der Waals surface area contributed by atoms with Crippen LogP contribution in [0.5, 0.6) is 5.75 Å². The summed E-state index contributed by atoms with van der Waals surface area (Å²) in [6.45, 7) is 4.42. The summed E-state index contributed by atoms with van der Waals surface area (Å²) in [5.41, 5.74) is 0.0354. The lowest BCUT2D eigenvalue weighted by Crippen LogP contribution is -2.54. The van der Waals surface area contributed by atoms with Crippen molar-refractivity contribution < 1.29 is 19.1 Å². The molecule has 6 nitrogen and oxygen atoms in total. The fourth-order valence-corrected chi connectivity index (χ4v) is 2.65. The highest BCUT2D eigenvalue weighted by Crippen LogP contribution is 2.43. The Labute approximate surface area is 120 Å². The Balaban J connectivity index is 1.88. The van der Waals surface area contributed by atoms with Crippen molar-refractivity contribution in [2.45, 2.75) is 31.7 Å². The Morgan fingerprint density at radius 2 is 1.95 bits per heavy atom. The van der Waals surface area contributed by atoms with Gasteiger partial charge in [-0.3, -0.25) is 10.1 Å². The van der Waals surface area contributed by atoms with Gasteiger partial charge in [-0.1, -0.05) is 11.6 Å². The number of rotatable bonds is 1. The largest absolute Gasteiger partial charge is 0.482 e. The van der Waals surface area contributed by atoms with Gasteiger partial charge in [-0.15, -0.1) is 0 Å². The van der Waals surface area contributed by atoms with E-state index in [0.717, 1.165) is 5.56 Å². The van der Waals surface area contributed by atoms with Crippen molar-refractivity contribution in [2.75, 3.05) is 13.2 Å². The monoisotopic (exact) mass is 299 g/mol. The minimum atomic E-state index is -0.632. The highest BCUT2D eigenvalue weighted by Gasteiger charge is 2.46. The zero-order valence-corrected chi connectivity index (χ0v) is 11.9. The average molecular weight is 300 g/mol. The second-order valence-electron chi connectivity index (χ2n) is 5.61. The molecule has 3 rings (SSSR count). The van der Waals surface area contributed by atoms with E-state index in [1.165, 1.54) is 12.1 Å². The number of nitro benzene ring substituents is 1. The molecule has 0 radical (unpaired) electrons. The number of hydrogen-bond acceptors (Lipinski definition) is 5. The number of ether oxygens (including phenoxy) is 3. The van der Waals surface area contributed by atoms with Crippen LogP contribution in [0, 0.1) is 10.1 Å². The van der Waals surface area contributed by atoms with E-state index >= 15 is 0 Å². The zero-order chi connectivity index (χ0) is 14.5. The maximum atomic E-state index is 10.9. The summed E-state index contributed by atoms with van der Waals surface area (Å²) in [5.74, 6) is -0.0694. The number of fused-ring (bicyclic) bond motifs is 1. The normalized spacial score (nSPS) is 22.4. The van der Waals surface area contributed by atoms with E-state index in [-0.39, 0.29) is 10.7 Å². The fraction of sp³-hybridized carbons (Fsp3) is 0.538. The molecule has 20 heavy (non-hydrogen) atoms. The van der Waals surface area contributed by atoms with Gasteiger partial charge in [0.1, 0.15) is 10.8 Å². The predicted molar refractivity (Wildman–Crippen MR) is 71.2 cm³/mol. The van der Waals surface area contributed by atoms with Gasteiger partial charge in [0.25, 0.3) is 5.69 Å². The maximum Gasteiger partial charge on any atom is 0.288 e. The number of nitro groups is 1. The molecule has 1 fully saturated rings. The van der Waals surface area contributed by atoms with Gasteiger partial charge in [0.2, 0.25) is 0 Å². The van der Waals surface area contributed by atoms with Gasteiger partial charge in [0, 0.05) is 24.1 Å². The van der Waals surface area contributed by atoms with Crippen LogP contribution in [0.3, 0.4) is 0 Å². The first-order valence-corrected chi connectivity index (χ1v) is 6.62. The van der Waals surface area contributed by atoms with Crippen molar-refractivity contribution in [3.8, 4) is 5.75 Å². The molecule has 2 aliphatic heterocycles. The first kappa shape index (κ1) is 13.6. The van der Waals surface area contributed by atoms with Gasteiger partial charge in [0.15, 0.2) is 11.4 Å². The molecule has 2 heterocycles. The van der Waals surface area contributed by atoms with Gasteiger partial charge < -0.3 is 14.2 Å². The van der Waals surface area contributed by atoms with Crippen molar-refractivity contribution in [1.82, 2.24) is 0 Å². The average Bonchev–Trinajstić information content (AvgIpc) is 2.70. The Hall–Kier alpha value is -1.37. The van der Waals surface area contributed by atoms with Crippen LogP contribution >= 0.6 is 11.6 Å². The summed E-state index contributed by atoms with van der Waals surface area (Å²) in [6, 6.07) is 2.95. The Bertz CT molecular complexity index is 576. The number of halogens is 1. The summed E-state index contributed by atoms with van der Waals surface area (Å²) in [5, 5.41) is 11.0. The molecule has 0 aromatic heterocycles. The molecule has 2 aliphatic rings. The second kappa shape index (κ2) is 4.31. The van der Waals surface area contributed by atoms with Crippen LogP contribution in [-0.4, -0.2) is 29.5 Å². The van der Waals surface area contributed by atoms with E-state index in [4.69, 9.17) is 25.8 Å². The van der Waals surface area contributed by atoms with Gasteiger partial charge in [-0.25, -0.2) is 0 Å². The standard InChI is InChI=1S/C13H14ClNO5/c1-12(2)18-6-13(7-19-12)5-8-3-10(15(16)17)9(14)4-11(8)20-13/h3-4H,5-7H2,1-2H3. The van der Waals surface area contributed by atoms with Crippen LogP contribution in [0.25, 0.3) is 0 Å². The van der Waals surface area contributed by atoms with E-state index in [1.807, 2.05) is 13.8 Å². The van der Waals surface area contributed by atoms with Crippen molar-refractivity contribution in [1.29, 1.82) is 0 Å². The SMILES string of the molecule is CC1(C)OCC2(CO1)Cc1cc([N+](=O)[O-])c(Cl)cc1O2. The molecule has 1 aromatic rings. The van der Waals surface area contributed by atoms with Gasteiger partial charge in [-0.05, 0) is 13.8 Å². The molecule has 108 valence electrons. The third-order valence-corrected chi connectivity index (χ3v) is 3.83. The van der Waals surface area contributed by atoms with E-state index in [1.54, 1.807) is 0 Å². The topological polar surface area (TPSA) is 70.8 Å². The first-order valence-electron chi connectivity index (χ1n) is 6.24. The molecular formula is C13H14ClNO5. The lowest BCUT2D eigenvalue weighted by atomic mass is 9.97. The maximum absolute atomic E-state index is 10.9. The number of benzene rings is 1. The molecule has 1 spiro atoms. The molecule has 0 N–H and O–H groups in total. The summed E-state index contributed by atoms with van der Waals surface area (Å²) < 4.78 is 17.1. The highest BCUT2D eigenvalue weighted by atomic mass is 35.5. The predicted octanol–water partition coefficient (Wildman–Crippen LogP) is 2.70. The molecule has 1 aromatic carbocycles. The van der Waals surface area contributed by atoms with Gasteiger partial charge in [-0.2, -0.15) is 0 Å². The zero-order valence-electron chi connectivity index (χ0n) is 11.1. The summed E-state index contributed by atoms with van der Waals surface area (Å²) in [7, 11) is 0. The van der Waals surface area contributed by atoms with Gasteiger partial charge >= 0.3 is 0 Å².